The third-order valence-corrected chi connectivity index (χ3v) is 5.93. The van der Waals surface area contributed by atoms with Gasteiger partial charge in [-0.1, -0.05) is 37.6 Å². The summed E-state index contributed by atoms with van der Waals surface area (Å²) in [4.78, 5) is 29.9. The Bertz CT molecular complexity index is 648. The smallest absolute Gasteiger partial charge is 0.237 e. The first kappa shape index (κ1) is 19.9. The predicted molar refractivity (Wildman–Crippen MR) is 108 cm³/mol. The number of hydrogen-bond donors (Lipinski definition) is 1. The zero-order chi connectivity index (χ0) is 19.4. The van der Waals surface area contributed by atoms with Gasteiger partial charge in [-0.2, -0.15) is 0 Å². The van der Waals surface area contributed by atoms with Gasteiger partial charge in [-0.05, 0) is 44.2 Å². The number of unbranched alkanes of at least 4 members (excludes halogenated alkanes) is 1. The van der Waals surface area contributed by atoms with E-state index in [1.807, 2.05) is 4.90 Å². The van der Waals surface area contributed by atoms with Gasteiger partial charge in [-0.15, -0.1) is 0 Å². The average molecular weight is 372 g/mol. The molecule has 0 aromatic heterocycles. The number of hydrogen-bond acceptors (Lipinski definition) is 3. The molecule has 1 N–H and O–H groups in total. The van der Waals surface area contributed by atoms with Crippen LogP contribution < -0.4 is 5.32 Å². The van der Waals surface area contributed by atoms with Crippen LogP contribution in [0.4, 0.5) is 0 Å². The average Bonchev–Trinajstić information content (AvgIpc) is 3.07. The van der Waals surface area contributed by atoms with E-state index in [9.17, 15) is 9.59 Å². The zero-order valence-corrected chi connectivity index (χ0v) is 16.9. The third kappa shape index (κ3) is 4.52. The SMILES string of the molecule is CCCCN(C(=O)C[C@@H]1C(=O)NCCN1C1Cc2ccccc2C1)C(C)C. The van der Waals surface area contributed by atoms with E-state index in [0.29, 0.717) is 12.6 Å². The standard InChI is InChI=1S/C22H33N3O2/c1-4-5-11-24(16(2)3)21(26)15-20-22(27)23-10-12-25(20)19-13-17-8-6-7-9-18(17)14-19/h6-9,16,19-20H,4-5,10-15H2,1-3H3,(H,23,27)/t20-/m1/s1. The first-order chi connectivity index (χ1) is 13.0. The second kappa shape index (κ2) is 8.87. The second-order valence-electron chi connectivity index (χ2n) is 8.11. The molecule has 1 aliphatic heterocycles. The molecule has 27 heavy (non-hydrogen) atoms. The molecule has 1 heterocycles. The molecule has 2 amide bonds. The Kier molecular flexibility index (Phi) is 6.53. The van der Waals surface area contributed by atoms with Crippen molar-refractivity contribution in [2.45, 2.75) is 71.0 Å². The summed E-state index contributed by atoms with van der Waals surface area (Å²) in [6, 6.07) is 8.66. The molecular weight excluding hydrogens is 338 g/mol. The summed E-state index contributed by atoms with van der Waals surface area (Å²) in [5, 5.41) is 2.97. The van der Waals surface area contributed by atoms with Gasteiger partial charge in [0.15, 0.2) is 0 Å². The van der Waals surface area contributed by atoms with E-state index >= 15 is 0 Å². The van der Waals surface area contributed by atoms with Crippen LogP contribution in [0.2, 0.25) is 0 Å². The molecule has 1 saturated heterocycles. The van der Waals surface area contributed by atoms with Crippen LogP contribution in [0.1, 0.15) is 51.2 Å². The molecule has 1 fully saturated rings. The lowest BCUT2D eigenvalue weighted by Gasteiger charge is -2.40. The van der Waals surface area contributed by atoms with Crippen LogP contribution in [0.15, 0.2) is 24.3 Å². The van der Waals surface area contributed by atoms with Crippen LogP contribution in [0.5, 0.6) is 0 Å². The number of rotatable bonds is 7. The molecule has 0 bridgehead atoms. The largest absolute Gasteiger partial charge is 0.353 e. The molecule has 1 aromatic carbocycles. The number of benzene rings is 1. The minimum Gasteiger partial charge on any atom is -0.353 e. The summed E-state index contributed by atoms with van der Waals surface area (Å²) in [5.74, 6) is 0.103. The number of carbonyl (C=O) groups is 2. The highest BCUT2D eigenvalue weighted by Crippen LogP contribution is 2.28. The van der Waals surface area contributed by atoms with Crippen molar-refractivity contribution in [3.63, 3.8) is 0 Å². The minimum atomic E-state index is -0.353. The maximum Gasteiger partial charge on any atom is 0.237 e. The van der Waals surface area contributed by atoms with Crippen LogP contribution in [0.3, 0.4) is 0 Å². The van der Waals surface area contributed by atoms with E-state index in [1.165, 1.54) is 11.1 Å². The monoisotopic (exact) mass is 371 g/mol. The maximum absolute atomic E-state index is 13.0. The summed E-state index contributed by atoms with van der Waals surface area (Å²) < 4.78 is 0. The molecule has 0 unspecified atom stereocenters. The Balaban J connectivity index is 1.71. The molecule has 148 valence electrons. The normalized spacial score (nSPS) is 20.6. The van der Waals surface area contributed by atoms with E-state index in [1.54, 1.807) is 0 Å². The van der Waals surface area contributed by atoms with Crippen molar-refractivity contribution in [3.05, 3.63) is 35.4 Å². The quantitative estimate of drug-likeness (QED) is 0.801. The Morgan fingerprint density at radius 2 is 1.93 bits per heavy atom. The van der Waals surface area contributed by atoms with Gasteiger partial charge in [0, 0.05) is 31.7 Å². The van der Waals surface area contributed by atoms with E-state index < -0.39 is 0 Å². The lowest BCUT2D eigenvalue weighted by Crippen LogP contribution is -2.60. The van der Waals surface area contributed by atoms with Gasteiger partial charge in [-0.3, -0.25) is 14.5 Å². The Hall–Kier alpha value is -1.88. The van der Waals surface area contributed by atoms with Gasteiger partial charge >= 0.3 is 0 Å². The zero-order valence-electron chi connectivity index (χ0n) is 16.9. The van der Waals surface area contributed by atoms with Crippen molar-refractivity contribution in [1.29, 1.82) is 0 Å². The third-order valence-electron chi connectivity index (χ3n) is 5.93. The van der Waals surface area contributed by atoms with E-state index in [4.69, 9.17) is 0 Å². The number of amides is 2. The molecule has 1 aromatic rings. The number of fused-ring (bicyclic) bond motifs is 1. The summed E-state index contributed by atoms with van der Waals surface area (Å²) in [6.45, 7) is 8.51. The Morgan fingerprint density at radius 3 is 2.52 bits per heavy atom. The fraction of sp³-hybridized carbons (Fsp3) is 0.636. The molecule has 5 heteroatoms. The first-order valence-corrected chi connectivity index (χ1v) is 10.4. The highest BCUT2D eigenvalue weighted by atomic mass is 16.2. The van der Waals surface area contributed by atoms with E-state index in [-0.39, 0.29) is 30.3 Å². The van der Waals surface area contributed by atoms with Crippen molar-refractivity contribution in [2.24, 2.45) is 0 Å². The molecular formula is C22H33N3O2. The number of nitrogens with zero attached hydrogens (tertiary/aromatic N) is 2. The molecule has 1 aliphatic carbocycles. The Morgan fingerprint density at radius 1 is 1.26 bits per heavy atom. The van der Waals surface area contributed by atoms with Crippen molar-refractivity contribution < 1.29 is 9.59 Å². The van der Waals surface area contributed by atoms with Crippen molar-refractivity contribution in [3.8, 4) is 0 Å². The molecule has 0 radical (unpaired) electrons. The van der Waals surface area contributed by atoms with E-state index in [0.717, 1.165) is 38.8 Å². The number of piperazine rings is 1. The maximum atomic E-state index is 13.0. The summed E-state index contributed by atoms with van der Waals surface area (Å²) in [7, 11) is 0. The van der Waals surface area contributed by atoms with Gasteiger partial charge in [0.05, 0.1) is 12.5 Å². The predicted octanol–water partition coefficient (Wildman–Crippen LogP) is 2.38. The van der Waals surface area contributed by atoms with E-state index in [2.05, 4.69) is 55.3 Å². The molecule has 5 nitrogen and oxygen atoms in total. The van der Waals surface area contributed by atoms with Crippen LogP contribution in [0, 0.1) is 0 Å². The molecule has 1 atom stereocenters. The number of nitrogens with one attached hydrogen (secondary N) is 1. The molecule has 2 aliphatic rings. The van der Waals surface area contributed by atoms with Gasteiger partial charge in [0.2, 0.25) is 11.8 Å². The van der Waals surface area contributed by atoms with Gasteiger partial charge in [0.1, 0.15) is 0 Å². The van der Waals surface area contributed by atoms with Crippen molar-refractivity contribution >= 4 is 11.8 Å². The van der Waals surface area contributed by atoms with Crippen molar-refractivity contribution in [1.82, 2.24) is 15.1 Å². The van der Waals surface area contributed by atoms with Gasteiger partial charge in [0.25, 0.3) is 0 Å². The summed E-state index contributed by atoms with van der Waals surface area (Å²) in [6.07, 6.45) is 4.28. The van der Waals surface area contributed by atoms with Crippen LogP contribution in [-0.2, 0) is 22.4 Å². The lowest BCUT2D eigenvalue weighted by atomic mass is 10.0. The summed E-state index contributed by atoms with van der Waals surface area (Å²) in [5.41, 5.74) is 2.76. The molecule has 3 rings (SSSR count). The minimum absolute atomic E-state index is 0.00440. The lowest BCUT2D eigenvalue weighted by molar-refractivity contribution is -0.141. The summed E-state index contributed by atoms with van der Waals surface area (Å²) >= 11 is 0. The van der Waals surface area contributed by atoms with Gasteiger partial charge in [-0.25, -0.2) is 0 Å². The van der Waals surface area contributed by atoms with Crippen LogP contribution in [0.25, 0.3) is 0 Å². The fourth-order valence-electron chi connectivity index (χ4n) is 4.43. The second-order valence-corrected chi connectivity index (χ2v) is 8.11. The molecule has 0 saturated carbocycles. The fourth-order valence-corrected chi connectivity index (χ4v) is 4.43. The number of carbonyl (C=O) groups excluding carboxylic acids is 2. The van der Waals surface area contributed by atoms with Crippen LogP contribution >= 0.6 is 0 Å². The highest BCUT2D eigenvalue weighted by Gasteiger charge is 2.38. The van der Waals surface area contributed by atoms with Gasteiger partial charge < -0.3 is 10.2 Å². The Labute approximate surface area is 163 Å². The van der Waals surface area contributed by atoms with Crippen molar-refractivity contribution in [2.75, 3.05) is 19.6 Å². The first-order valence-electron chi connectivity index (χ1n) is 10.4. The molecule has 0 spiro atoms. The highest BCUT2D eigenvalue weighted by molar-refractivity contribution is 5.89. The topological polar surface area (TPSA) is 52.7 Å². The van der Waals surface area contributed by atoms with Crippen LogP contribution in [-0.4, -0.2) is 59.4 Å².